The summed E-state index contributed by atoms with van der Waals surface area (Å²) in [6.07, 6.45) is 0. The highest BCUT2D eigenvalue weighted by Gasteiger charge is 2.05. The van der Waals surface area contributed by atoms with Crippen LogP contribution in [0.2, 0.25) is 0 Å². The Bertz CT molecular complexity index is 529. The van der Waals surface area contributed by atoms with Crippen molar-refractivity contribution in [2.75, 3.05) is 5.73 Å². The molecule has 0 amide bonds. The average Bonchev–Trinajstić information content (AvgIpc) is 2.32. The molecule has 2 aromatic carbocycles. The second kappa shape index (κ2) is 5.19. The van der Waals surface area contributed by atoms with Crippen molar-refractivity contribution in [2.24, 2.45) is 0 Å². The first-order chi connectivity index (χ1) is 8.16. The summed E-state index contributed by atoms with van der Waals surface area (Å²) >= 11 is 1.32. The van der Waals surface area contributed by atoms with Crippen molar-refractivity contribution < 1.29 is 8.78 Å². The van der Waals surface area contributed by atoms with Crippen molar-refractivity contribution in [1.29, 1.82) is 0 Å². The van der Waals surface area contributed by atoms with E-state index < -0.39 is 0 Å². The first kappa shape index (κ1) is 11.9. The Balaban J connectivity index is 2.12. The van der Waals surface area contributed by atoms with E-state index in [-0.39, 0.29) is 11.6 Å². The zero-order chi connectivity index (χ0) is 12.3. The summed E-state index contributed by atoms with van der Waals surface area (Å²) in [4.78, 5) is 0.633. The first-order valence-corrected chi connectivity index (χ1v) is 6.06. The van der Waals surface area contributed by atoms with Gasteiger partial charge in [0, 0.05) is 16.3 Å². The smallest absolute Gasteiger partial charge is 0.127 e. The summed E-state index contributed by atoms with van der Waals surface area (Å²) in [5.74, 6) is -0.162. The Hall–Kier alpha value is -1.55. The van der Waals surface area contributed by atoms with Gasteiger partial charge in [-0.2, -0.15) is 0 Å². The van der Waals surface area contributed by atoms with E-state index in [1.54, 1.807) is 18.2 Å². The molecule has 0 aliphatic heterocycles. The number of halogens is 2. The van der Waals surface area contributed by atoms with Crippen molar-refractivity contribution in [3.63, 3.8) is 0 Å². The normalized spacial score (nSPS) is 10.5. The molecule has 2 aromatic rings. The van der Waals surface area contributed by atoms with Crippen molar-refractivity contribution >= 4 is 17.4 Å². The van der Waals surface area contributed by atoms with E-state index in [9.17, 15) is 8.78 Å². The summed E-state index contributed by atoms with van der Waals surface area (Å²) in [6.45, 7) is 0. The monoisotopic (exact) mass is 251 g/mol. The van der Waals surface area contributed by atoms with Gasteiger partial charge in [-0.05, 0) is 29.8 Å². The fourth-order valence-electron chi connectivity index (χ4n) is 1.40. The largest absolute Gasteiger partial charge is 0.398 e. The van der Waals surface area contributed by atoms with Crippen LogP contribution in [0.1, 0.15) is 5.56 Å². The summed E-state index contributed by atoms with van der Waals surface area (Å²) in [5, 5.41) is 0. The highest BCUT2D eigenvalue weighted by molar-refractivity contribution is 7.98. The van der Waals surface area contributed by atoms with E-state index in [1.807, 2.05) is 0 Å². The molecule has 0 bridgehead atoms. The molecule has 0 aromatic heterocycles. The van der Waals surface area contributed by atoms with Gasteiger partial charge in [-0.15, -0.1) is 11.8 Å². The van der Waals surface area contributed by atoms with Gasteiger partial charge >= 0.3 is 0 Å². The molecular weight excluding hydrogens is 240 g/mol. The number of nitrogens with two attached hydrogens (primary N) is 1. The number of anilines is 1. The highest BCUT2D eigenvalue weighted by Crippen LogP contribution is 2.29. The quantitative estimate of drug-likeness (QED) is 0.662. The van der Waals surface area contributed by atoms with Crippen molar-refractivity contribution in [1.82, 2.24) is 0 Å². The lowest BCUT2D eigenvalue weighted by molar-refractivity contribution is 0.617. The average molecular weight is 251 g/mol. The fraction of sp³-hybridized carbons (Fsp3) is 0.0769. The van der Waals surface area contributed by atoms with E-state index in [0.29, 0.717) is 21.9 Å². The van der Waals surface area contributed by atoms with Crippen LogP contribution in [0.5, 0.6) is 0 Å². The van der Waals surface area contributed by atoms with Gasteiger partial charge in [0.05, 0.1) is 0 Å². The predicted molar refractivity (Wildman–Crippen MR) is 66.8 cm³/mol. The molecule has 0 radical (unpaired) electrons. The number of nitrogen functional groups attached to an aromatic ring is 1. The SMILES string of the molecule is Nc1ccc(F)cc1SCc1ccccc1F. The third kappa shape index (κ3) is 2.97. The summed E-state index contributed by atoms with van der Waals surface area (Å²) < 4.78 is 26.4. The molecule has 0 aliphatic rings. The molecule has 1 nitrogen and oxygen atoms in total. The molecule has 0 saturated carbocycles. The van der Waals surface area contributed by atoms with Crippen LogP contribution < -0.4 is 5.73 Å². The van der Waals surface area contributed by atoms with Gasteiger partial charge in [-0.25, -0.2) is 8.78 Å². The predicted octanol–water partition coefficient (Wildman–Crippen LogP) is 3.84. The minimum atomic E-state index is -0.338. The molecule has 2 rings (SSSR count). The van der Waals surface area contributed by atoms with Gasteiger partial charge in [0.25, 0.3) is 0 Å². The molecule has 0 unspecified atom stereocenters. The van der Waals surface area contributed by atoms with Gasteiger partial charge in [-0.3, -0.25) is 0 Å². The summed E-state index contributed by atoms with van der Waals surface area (Å²) in [6, 6.07) is 10.7. The summed E-state index contributed by atoms with van der Waals surface area (Å²) in [5.41, 5.74) is 6.80. The lowest BCUT2D eigenvalue weighted by Crippen LogP contribution is -1.91. The van der Waals surface area contributed by atoms with Crippen LogP contribution in [0.15, 0.2) is 47.4 Å². The number of benzene rings is 2. The Morgan fingerprint density at radius 2 is 1.82 bits per heavy atom. The highest BCUT2D eigenvalue weighted by atomic mass is 32.2. The van der Waals surface area contributed by atoms with Crippen LogP contribution in [-0.4, -0.2) is 0 Å². The molecule has 0 aliphatic carbocycles. The van der Waals surface area contributed by atoms with Gasteiger partial charge in [0.15, 0.2) is 0 Å². The molecule has 2 N–H and O–H groups in total. The third-order valence-electron chi connectivity index (χ3n) is 2.32. The third-order valence-corrected chi connectivity index (χ3v) is 3.44. The number of hydrogen-bond donors (Lipinski definition) is 1. The maximum Gasteiger partial charge on any atom is 0.127 e. The second-order valence-electron chi connectivity index (χ2n) is 3.56. The van der Waals surface area contributed by atoms with E-state index >= 15 is 0 Å². The zero-order valence-corrected chi connectivity index (χ0v) is 9.81. The van der Waals surface area contributed by atoms with Gasteiger partial charge in [-0.1, -0.05) is 18.2 Å². The Kier molecular flexibility index (Phi) is 3.64. The lowest BCUT2D eigenvalue weighted by Gasteiger charge is -2.06. The maximum atomic E-state index is 13.4. The molecule has 0 atom stereocenters. The molecule has 0 fully saturated rings. The second-order valence-corrected chi connectivity index (χ2v) is 4.58. The standard InChI is InChI=1S/C13H11F2NS/c14-10-5-6-12(16)13(7-10)17-8-9-3-1-2-4-11(9)15/h1-7H,8,16H2. The van der Waals surface area contributed by atoms with Gasteiger partial charge < -0.3 is 5.73 Å². The van der Waals surface area contributed by atoms with E-state index in [0.717, 1.165) is 0 Å². The van der Waals surface area contributed by atoms with Gasteiger partial charge in [0.1, 0.15) is 11.6 Å². The maximum absolute atomic E-state index is 13.4. The van der Waals surface area contributed by atoms with Crippen molar-refractivity contribution in [3.8, 4) is 0 Å². The number of thioether (sulfide) groups is 1. The van der Waals surface area contributed by atoms with Crippen LogP contribution in [0.3, 0.4) is 0 Å². The minimum Gasteiger partial charge on any atom is -0.398 e. The van der Waals surface area contributed by atoms with E-state index in [4.69, 9.17) is 5.73 Å². The fourth-order valence-corrected chi connectivity index (χ4v) is 2.38. The molecule has 0 spiro atoms. The van der Waals surface area contributed by atoms with Crippen LogP contribution in [-0.2, 0) is 5.75 Å². The Morgan fingerprint density at radius 1 is 1.06 bits per heavy atom. The molecule has 0 heterocycles. The Labute approximate surface area is 103 Å². The van der Waals surface area contributed by atoms with Crippen LogP contribution in [0, 0.1) is 11.6 Å². The lowest BCUT2D eigenvalue weighted by atomic mass is 10.2. The topological polar surface area (TPSA) is 26.0 Å². The molecule has 0 saturated heterocycles. The minimum absolute atomic E-state index is 0.255. The van der Waals surface area contributed by atoms with Gasteiger partial charge in [0.2, 0.25) is 0 Å². The molecular formula is C13H11F2NS. The van der Waals surface area contributed by atoms with Crippen molar-refractivity contribution in [2.45, 2.75) is 10.6 Å². The Morgan fingerprint density at radius 3 is 2.59 bits per heavy atom. The van der Waals surface area contributed by atoms with Crippen LogP contribution >= 0.6 is 11.8 Å². The van der Waals surface area contributed by atoms with Crippen LogP contribution in [0.4, 0.5) is 14.5 Å². The number of rotatable bonds is 3. The van der Waals surface area contributed by atoms with Crippen molar-refractivity contribution in [3.05, 3.63) is 59.7 Å². The summed E-state index contributed by atoms with van der Waals surface area (Å²) in [7, 11) is 0. The molecule has 17 heavy (non-hydrogen) atoms. The van der Waals surface area contributed by atoms with E-state index in [1.165, 1.54) is 36.0 Å². The van der Waals surface area contributed by atoms with Crippen LogP contribution in [0.25, 0.3) is 0 Å². The molecule has 88 valence electrons. The zero-order valence-electron chi connectivity index (χ0n) is 8.99. The first-order valence-electron chi connectivity index (χ1n) is 5.08. The molecule has 4 heteroatoms. The van der Waals surface area contributed by atoms with E-state index in [2.05, 4.69) is 0 Å². The number of hydrogen-bond acceptors (Lipinski definition) is 2.